The number of fused-ring (bicyclic) bond motifs is 2. The van der Waals surface area contributed by atoms with Crippen molar-refractivity contribution in [3.05, 3.63) is 108 Å². The summed E-state index contributed by atoms with van der Waals surface area (Å²) in [6.07, 6.45) is 0. The Balaban J connectivity index is 0.000000174. The van der Waals surface area contributed by atoms with Crippen LogP contribution in [0.2, 0.25) is 0 Å². The molecule has 5 rings (SSSR count). The van der Waals surface area contributed by atoms with Crippen LogP contribution >= 0.6 is 8.58 Å². The molecule has 1 atom stereocenters. The molecule has 0 aliphatic carbocycles. The van der Waals surface area contributed by atoms with Gasteiger partial charge in [0.05, 0.1) is 0 Å². The minimum absolute atomic E-state index is 0. The van der Waals surface area contributed by atoms with E-state index in [2.05, 4.69) is 112 Å². The molecule has 0 aliphatic rings. The van der Waals surface area contributed by atoms with E-state index < -0.39 is 0 Å². The second kappa shape index (κ2) is 9.68. The Morgan fingerprint density at radius 3 is 2.14 bits per heavy atom. The first-order valence-electron chi connectivity index (χ1n) is 9.72. The fourth-order valence-corrected chi connectivity index (χ4v) is 5.02. The zero-order chi connectivity index (χ0) is 19.5. The van der Waals surface area contributed by atoms with E-state index in [0.29, 0.717) is 0 Å². The van der Waals surface area contributed by atoms with Gasteiger partial charge in [0, 0.05) is 0 Å². The van der Waals surface area contributed by atoms with E-state index in [9.17, 15) is 0 Å². The van der Waals surface area contributed by atoms with Crippen LogP contribution < -0.4 is 10.6 Å². The fourth-order valence-electron chi connectivity index (χ4n) is 3.74. The molecule has 5 aromatic rings. The summed E-state index contributed by atoms with van der Waals surface area (Å²) in [5.74, 6) is 0. The summed E-state index contributed by atoms with van der Waals surface area (Å²) in [4.78, 5) is 0. The predicted molar refractivity (Wildman–Crippen MR) is 127 cm³/mol. The number of hydrogen-bond acceptors (Lipinski definition) is 0. The van der Waals surface area contributed by atoms with Crippen LogP contribution in [-0.4, -0.2) is 0 Å². The molecule has 0 bridgehead atoms. The summed E-state index contributed by atoms with van der Waals surface area (Å²) in [6.45, 7) is 6.52. The van der Waals surface area contributed by atoms with Gasteiger partial charge in [0.1, 0.15) is 0 Å². The maximum Gasteiger partial charge on any atom is 2.00 e. The summed E-state index contributed by atoms with van der Waals surface area (Å²) in [5, 5.41) is 8.46. The van der Waals surface area contributed by atoms with Crippen molar-refractivity contribution in [3.63, 3.8) is 0 Å². The molecule has 0 N–H and O–H groups in total. The number of aryl methyl sites for hydroxylation is 3. The van der Waals surface area contributed by atoms with E-state index in [4.69, 9.17) is 0 Å². The second-order valence-corrected chi connectivity index (χ2v) is 8.66. The van der Waals surface area contributed by atoms with Crippen molar-refractivity contribution >= 4 is 40.7 Å². The third-order valence-electron chi connectivity index (χ3n) is 5.29. The molecular weight excluding hydrogens is 403 g/mol. The molecule has 0 heterocycles. The molecule has 29 heavy (non-hydrogen) atoms. The van der Waals surface area contributed by atoms with Crippen LogP contribution in [-0.2, 0) is 21.7 Å². The van der Waals surface area contributed by atoms with Gasteiger partial charge < -0.3 is 0 Å². The number of benzene rings is 3. The zero-order valence-corrected chi connectivity index (χ0v) is 19.7. The van der Waals surface area contributed by atoms with Gasteiger partial charge in [0.2, 0.25) is 0 Å². The van der Waals surface area contributed by atoms with Crippen LogP contribution in [0.1, 0.15) is 16.7 Å². The predicted octanol–water partition coefficient (Wildman–Crippen LogP) is 6.67. The van der Waals surface area contributed by atoms with E-state index >= 15 is 0 Å². The molecule has 0 saturated carbocycles. The van der Waals surface area contributed by atoms with Gasteiger partial charge in [-0.25, -0.2) is 0 Å². The van der Waals surface area contributed by atoms with Gasteiger partial charge in [-0.05, 0) is 12.2 Å². The molecule has 0 aliphatic heterocycles. The van der Waals surface area contributed by atoms with Crippen LogP contribution in [0.3, 0.4) is 0 Å². The molecule has 0 fully saturated rings. The Hall–Kier alpha value is -1.98. The topological polar surface area (TPSA) is 0 Å². The van der Waals surface area contributed by atoms with Crippen LogP contribution in [0.5, 0.6) is 0 Å². The summed E-state index contributed by atoms with van der Waals surface area (Å²) in [7, 11) is 0.754. The third-order valence-corrected chi connectivity index (χ3v) is 6.82. The van der Waals surface area contributed by atoms with Gasteiger partial charge in [-0.2, -0.15) is 12.1 Å². The molecule has 0 spiro atoms. The minimum Gasteiger partial charge on any atom is -0.168 e. The number of rotatable bonds is 2. The van der Waals surface area contributed by atoms with E-state index in [0.717, 1.165) is 8.58 Å². The molecular formula is C27H25PTi. The van der Waals surface area contributed by atoms with Gasteiger partial charge in [0.25, 0.3) is 0 Å². The van der Waals surface area contributed by atoms with Gasteiger partial charge in [-0.3, -0.25) is 0 Å². The minimum atomic E-state index is 0. The smallest absolute Gasteiger partial charge is 0.168 e. The van der Waals surface area contributed by atoms with Crippen LogP contribution in [0.25, 0.3) is 21.5 Å². The van der Waals surface area contributed by atoms with Crippen molar-refractivity contribution in [1.82, 2.24) is 0 Å². The maximum absolute atomic E-state index is 2.29. The SMILES string of the molecule is Cc1[cH-]c2ccccc2c1Pc1ccccc1.Cc1ccc(C)c2[cH-]ccc12.[Ti+2]. The van der Waals surface area contributed by atoms with Gasteiger partial charge in [0.15, 0.2) is 0 Å². The fraction of sp³-hybridized carbons (Fsp3) is 0.111. The van der Waals surface area contributed by atoms with Crippen molar-refractivity contribution in [2.75, 3.05) is 0 Å². The van der Waals surface area contributed by atoms with Gasteiger partial charge in [-0.15, -0.1) is 83.0 Å². The van der Waals surface area contributed by atoms with E-state index in [1.165, 1.54) is 48.8 Å². The first-order chi connectivity index (χ1) is 13.6. The van der Waals surface area contributed by atoms with Crippen LogP contribution in [0.4, 0.5) is 0 Å². The molecule has 0 radical (unpaired) electrons. The average molecular weight is 428 g/mol. The molecule has 0 aromatic heterocycles. The average Bonchev–Trinajstić information content (AvgIpc) is 3.33. The monoisotopic (exact) mass is 428 g/mol. The molecule has 2 heteroatoms. The van der Waals surface area contributed by atoms with E-state index in [1.807, 2.05) is 0 Å². The molecule has 0 amide bonds. The molecule has 1 unspecified atom stereocenters. The van der Waals surface area contributed by atoms with E-state index in [-0.39, 0.29) is 21.7 Å². The quantitative estimate of drug-likeness (QED) is 0.167. The van der Waals surface area contributed by atoms with Crippen LogP contribution in [0, 0.1) is 20.8 Å². The largest absolute Gasteiger partial charge is 2.00 e. The van der Waals surface area contributed by atoms with Gasteiger partial charge in [-0.1, -0.05) is 61.9 Å². The normalized spacial score (nSPS) is 10.9. The molecule has 0 nitrogen and oxygen atoms in total. The maximum atomic E-state index is 2.29. The summed E-state index contributed by atoms with van der Waals surface area (Å²) < 4.78 is 0. The van der Waals surface area contributed by atoms with Crippen molar-refractivity contribution < 1.29 is 21.7 Å². The van der Waals surface area contributed by atoms with Gasteiger partial charge >= 0.3 is 21.7 Å². The van der Waals surface area contributed by atoms with Crippen molar-refractivity contribution in [2.24, 2.45) is 0 Å². The van der Waals surface area contributed by atoms with E-state index in [1.54, 1.807) is 0 Å². The molecule has 0 saturated heterocycles. The van der Waals surface area contributed by atoms with Crippen molar-refractivity contribution in [3.8, 4) is 0 Å². The Kier molecular flexibility index (Phi) is 7.25. The first-order valence-corrected chi connectivity index (χ1v) is 10.7. The Morgan fingerprint density at radius 1 is 0.690 bits per heavy atom. The third kappa shape index (κ3) is 4.79. The summed E-state index contributed by atoms with van der Waals surface area (Å²) in [6, 6.07) is 32.5. The molecule has 142 valence electrons. The van der Waals surface area contributed by atoms with Crippen molar-refractivity contribution in [1.29, 1.82) is 0 Å². The Morgan fingerprint density at radius 2 is 1.38 bits per heavy atom. The van der Waals surface area contributed by atoms with Crippen LogP contribution in [0.15, 0.2) is 91.0 Å². The molecule has 5 aromatic carbocycles. The first kappa shape index (κ1) is 21.7. The van der Waals surface area contributed by atoms with Crippen molar-refractivity contribution in [2.45, 2.75) is 20.8 Å². The Labute approximate surface area is 190 Å². The Bertz CT molecular complexity index is 1180. The standard InChI is InChI=1S/C16H14P.C11H11.Ti/c1-12-11-13-7-5-6-10-15(13)16(12)17-14-8-3-2-4-9-14;1-8-6-7-9(2)11-5-3-4-10(8)11;/h2-11,17H,1H3;3-7H,1-2H3;/q2*-1;+2. The summed E-state index contributed by atoms with van der Waals surface area (Å²) >= 11 is 0. The second-order valence-electron chi connectivity index (χ2n) is 7.33. The number of hydrogen-bond donors (Lipinski definition) is 0. The summed E-state index contributed by atoms with van der Waals surface area (Å²) in [5.41, 5.74) is 4.15. The zero-order valence-electron chi connectivity index (χ0n) is 17.2.